The Balaban J connectivity index is 2.17. The molecule has 0 radical (unpaired) electrons. The van der Waals surface area contributed by atoms with E-state index in [0.717, 1.165) is 28.9 Å². The largest absolute Gasteiger partial charge is 0.497 e. The van der Waals surface area contributed by atoms with Crippen LogP contribution in [0.3, 0.4) is 0 Å². The summed E-state index contributed by atoms with van der Waals surface area (Å²) in [5, 5.41) is 15.1. The summed E-state index contributed by atoms with van der Waals surface area (Å²) in [6.07, 6.45) is 2.19. The van der Waals surface area contributed by atoms with E-state index in [4.69, 9.17) is 4.74 Å². The fourth-order valence-electron chi connectivity index (χ4n) is 2.40. The molecular formula is C20H21N3O2. The second-order valence-electron chi connectivity index (χ2n) is 5.46. The molecule has 0 aliphatic carbocycles. The summed E-state index contributed by atoms with van der Waals surface area (Å²) in [6, 6.07) is 15.0. The summed E-state index contributed by atoms with van der Waals surface area (Å²) < 4.78 is 5.15. The molecule has 2 aromatic rings. The van der Waals surface area contributed by atoms with Gasteiger partial charge in [-0.05, 0) is 36.6 Å². The maximum Gasteiger partial charge on any atom is 0.267 e. The Morgan fingerprint density at radius 1 is 1.28 bits per heavy atom. The lowest BCUT2D eigenvalue weighted by molar-refractivity contribution is -0.112. The normalized spacial score (nSPS) is 10.7. The Bertz CT molecular complexity index is 835. The van der Waals surface area contributed by atoms with E-state index >= 15 is 0 Å². The van der Waals surface area contributed by atoms with Gasteiger partial charge in [-0.2, -0.15) is 5.26 Å². The van der Waals surface area contributed by atoms with E-state index in [2.05, 4.69) is 10.6 Å². The zero-order chi connectivity index (χ0) is 18.2. The Hall–Kier alpha value is -3.26. The predicted molar refractivity (Wildman–Crippen MR) is 99.5 cm³/mol. The molecular weight excluding hydrogens is 314 g/mol. The number of methoxy groups -OCH3 is 1. The summed E-state index contributed by atoms with van der Waals surface area (Å²) >= 11 is 0. The molecule has 0 bridgehead atoms. The van der Waals surface area contributed by atoms with Crippen molar-refractivity contribution in [3.8, 4) is 11.8 Å². The van der Waals surface area contributed by atoms with Crippen LogP contribution in [0.4, 0.5) is 11.4 Å². The van der Waals surface area contributed by atoms with Crippen molar-refractivity contribution in [3.63, 3.8) is 0 Å². The second kappa shape index (κ2) is 8.55. The third-order valence-corrected chi connectivity index (χ3v) is 3.80. The number of amides is 1. The number of hydrogen-bond acceptors (Lipinski definition) is 4. The molecule has 0 aromatic heterocycles. The van der Waals surface area contributed by atoms with Gasteiger partial charge in [0.15, 0.2) is 0 Å². The number of carbonyl (C=O) groups excluding carboxylic acids is 1. The summed E-state index contributed by atoms with van der Waals surface area (Å²) in [5.74, 6) is 0.246. The van der Waals surface area contributed by atoms with E-state index in [-0.39, 0.29) is 5.57 Å². The van der Waals surface area contributed by atoms with E-state index in [1.54, 1.807) is 13.2 Å². The first-order chi connectivity index (χ1) is 12.1. The van der Waals surface area contributed by atoms with E-state index in [1.165, 1.54) is 6.20 Å². The molecule has 0 saturated heterocycles. The molecule has 0 unspecified atom stereocenters. The van der Waals surface area contributed by atoms with Gasteiger partial charge < -0.3 is 15.4 Å². The Labute approximate surface area is 147 Å². The molecule has 0 atom stereocenters. The number of para-hydroxylation sites is 1. The molecule has 0 aliphatic rings. The number of aryl methyl sites for hydroxylation is 2. The summed E-state index contributed by atoms with van der Waals surface area (Å²) in [4.78, 5) is 12.4. The van der Waals surface area contributed by atoms with E-state index in [0.29, 0.717) is 5.75 Å². The number of nitrogens with zero attached hydrogens (tertiary/aromatic N) is 1. The van der Waals surface area contributed by atoms with Crippen LogP contribution in [0.1, 0.15) is 18.1 Å². The van der Waals surface area contributed by atoms with Crippen molar-refractivity contribution in [2.75, 3.05) is 17.7 Å². The van der Waals surface area contributed by atoms with Gasteiger partial charge in [0, 0.05) is 23.6 Å². The van der Waals surface area contributed by atoms with Crippen LogP contribution >= 0.6 is 0 Å². The highest BCUT2D eigenvalue weighted by Crippen LogP contribution is 2.22. The maximum absolute atomic E-state index is 12.4. The molecule has 2 aromatic carbocycles. The summed E-state index contributed by atoms with van der Waals surface area (Å²) in [6.45, 7) is 3.95. The van der Waals surface area contributed by atoms with Gasteiger partial charge in [-0.3, -0.25) is 4.79 Å². The molecule has 2 N–H and O–H groups in total. The molecule has 1 amide bonds. The van der Waals surface area contributed by atoms with Gasteiger partial charge in [-0.25, -0.2) is 0 Å². The number of benzene rings is 2. The van der Waals surface area contributed by atoms with Crippen LogP contribution < -0.4 is 15.4 Å². The van der Waals surface area contributed by atoms with Gasteiger partial charge in [0.05, 0.1) is 7.11 Å². The van der Waals surface area contributed by atoms with Crippen LogP contribution in [0.25, 0.3) is 0 Å². The summed E-state index contributed by atoms with van der Waals surface area (Å²) in [5.41, 5.74) is 3.48. The number of carbonyl (C=O) groups is 1. The van der Waals surface area contributed by atoms with Crippen LogP contribution in [0.5, 0.6) is 5.75 Å². The molecule has 0 aliphatic heterocycles. The summed E-state index contributed by atoms with van der Waals surface area (Å²) in [7, 11) is 1.58. The number of hydrogen-bond donors (Lipinski definition) is 2. The third kappa shape index (κ3) is 4.61. The van der Waals surface area contributed by atoms with Crippen molar-refractivity contribution >= 4 is 17.3 Å². The highest BCUT2D eigenvalue weighted by atomic mass is 16.5. The lowest BCUT2D eigenvalue weighted by atomic mass is 10.1. The standard InChI is InChI=1S/C20H21N3O2/c1-4-15-8-5-7-14(2)19(15)23-20(24)16(12-21)13-22-17-9-6-10-18(11-17)25-3/h5-11,13,22H,4H2,1-3H3,(H,23,24)/b16-13-. The maximum atomic E-state index is 12.4. The van der Waals surface area contributed by atoms with Gasteiger partial charge in [0.2, 0.25) is 0 Å². The average molecular weight is 335 g/mol. The number of rotatable bonds is 6. The Morgan fingerprint density at radius 2 is 2.04 bits per heavy atom. The SMILES string of the molecule is CCc1cccc(C)c1NC(=O)/C(C#N)=C\Nc1cccc(OC)c1. The zero-order valence-electron chi connectivity index (χ0n) is 14.6. The van der Waals surface area contributed by atoms with E-state index in [1.807, 2.05) is 56.3 Å². The molecule has 0 fully saturated rings. The van der Waals surface area contributed by atoms with Gasteiger partial charge in [0.25, 0.3) is 5.91 Å². The van der Waals surface area contributed by atoms with E-state index in [9.17, 15) is 10.1 Å². The molecule has 0 spiro atoms. The lowest BCUT2D eigenvalue weighted by Gasteiger charge is -2.12. The first-order valence-electron chi connectivity index (χ1n) is 7.99. The molecule has 5 nitrogen and oxygen atoms in total. The Morgan fingerprint density at radius 3 is 2.72 bits per heavy atom. The fourth-order valence-corrected chi connectivity index (χ4v) is 2.40. The fraction of sp³-hybridized carbons (Fsp3) is 0.200. The highest BCUT2D eigenvalue weighted by Gasteiger charge is 2.13. The van der Waals surface area contributed by atoms with Gasteiger partial charge in [-0.1, -0.05) is 31.2 Å². The minimum atomic E-state index is -0.443. The topological polar surface area (TPSA) is 74.2 Å². The number of anilines is 2. The average Bonchev–Trinajstić information content (AvgIpc) is 2.64. The van der Waals surface area contributed by atoms with E-state index < -0.39 is 5.91 Å². The smallest absolute Gasteiger partial charge is 0.267 e. The lowest BCUT2D eigenvalue weighted by Crippen LogP contribution is -2.16. The van der Waals surface area contributed by atoms with Crippen LogP contribution in [0.2, 0.25) is 0 Å². The van der Waals surface area contributed by atoms with Crippen LogP contribution in [0.15, 0.2) is 54.2 Å². The molecule has 128 valence electrons. The third-order valence-electron chi connectivity index (χ3n) is 3.80. The van der Waals surface area contributed by atoms with Crippen molar-refractivity contribution in [1.29, 1.82) is 5.26 Å². The molecule has 2 rings (SSSR count). The quantitative estimate of drug-likeness (QED) is 0.617. The number of ether oxygens (including phenoxy) is 1. The molecule has 0 heterocycles. The van der Waals surface area contributed by atoms with Crippen molar-refractivity contribution in [1.82, 2.24) is 0 Å². The minimum absolute atomic E-state index is 0.00636. The predicted octanol–water partition coefficient (Wildman–Crippen LogP) is 4.02. The first-order valence-corrected chi connectivity index (χ1v) is 7.99. The van der Waals surface area contributed by atoms with Crippen molar-refractivity contribution in [2.45, 2.75) is 20.3 Å². The monoisotopic (exact) mass is 335 g/mol. The Kier molecular flexibility index (Phi) is 6.19. The number of nitrogens with one attached hydrogen (secondary N) is 2. The second-order valence-corrected chi connectivity index (χ2v) is 5.46. The molecule has 5 heteroatoms. The van der Waals surface area contributed by atoms with Gasteiger partial charge in [-0.15, -0.1) is 0 Å². The van der Waals surface area contributed by atoms with Crippen molar-refractivity contribution in [2.24, 2.45) is 0 Å². The zero-order valence-corrected chi connectivity index (χ0v) is 14.6. The van der Waals surface area contributed by atoms with Crippen LogP contribution in [0, 0.1) is 18.3 Å². The van der Waals surface area contributed by atoms with Gasteiger partial charge >= 0.3 is 0 Å². The number of nitriles is 1. The van der Waals surface area contributed by atoms with Crippen LogP contribution in [-0.4, -0.2) is 13.0 Å². The minimum Gasteiger partial charge on any atom is -0.497 e. The van der Waals surface area contributed by atoms with Gasteiger partial charge in [0.1, 0.15) is 17.4 Å². The van der Waals surface area contributed by atoms with Crippen molar-refractivity contribution in [3.05, 3.63) is 65.4 Å². The van der Waals surface area contributed by atoms with Crippen molar-refractivity contribution < 1.29 is 9.53 Å². The molecule has 0 saturated carbocycles. The molecule has 25 heavy (non-hydrogen) atoms. The first kappa shape index (κ1) is 18.1. The highest BCUT2D eigenvalue weighted by molar-refractivity contribution is 6.07. The van der Waals surface area contributed by atoms with Crippen LogP contribution in [-0.2, 0) is 11.2 Å².